The molecule has 0 aliphatic carbocycles. The molecule has 0 fully saturated rings. The quantitative estimate of drug-likeness (QED) is 0.483. The number of hydrogen-bond acceptors (Lipinski definition) is 6. The van der Waals surface area contributed by atoms with Gasteiger partial charge in [0.2, 0.25) is 5.75 Å². The van der Waals surface area contributed by atoms with Crippen LogP contribution < -0.4 is 4.74 Å². The number of ether oxygens (including phenoxy) is 1. The lowest BCUT2D eigenvalue weighted by molar-refractivity contribution is -0.390. The summed E-state index contributed by atoms with van der Waals surface area (Å²) >= 11 is 0. The summed E-state index contributed by atoms with van der Waals surface area (Å²) in [5, 5.41) is 10.8. The third-order valence-corrected chi connectivity index (χ3v) is 3.15. The maximum Gasteiger partial charge on any atom is 0.406 e. The van der Waals surface area contributed by atoms with Gasteiger partial charge in [0.15, 0.2) is 6.73 Å². The number of fused-ring (bicyclic) bond motifs is 1. The van der Waals surface area contributed by atoms with Crippen LogP contribution in [0.25, 0.3) is 0 Å². The Hall–Kier alpha value is -3.29. The van der Waals surface area contributed by atoms with Crippen LogP contribution in [-0.4, -0.2) is 33.4 Å². The van der Waals surface area contributed by atoms with Crippen molar-refractivity contribution in [2.45, 2.75) is 0 Å². The average Bonchev–Trinajstić information content (AvgIpc) is 2.77. The number of carbonyl (C=O) groups is 2. The minimum Gasteiger partial charge on any atom is -0.464 e. The van der Waals surface area contributed by atoms with E-state index in [1.165, 1.54) is 18.3 Å². The average molecular weight is 299 g/mol. The summed E-state index contributed by atoms with van der Waals surface area (Å²) in [5.74, 6) is -1.57. The zero-order valence-corrected chi connectivity index (χ0v) is 11.1. The first-order chi connectivity index (χ1) is 10.6. The van der Waals surface area contributed by atoms with Gasteiger partial charge in [-0.25, -0.2) is 4.90 Å². The number of aromatic nitrogens is 1. The van der Waals surface area contributed by atoms with E-state index in [9.17, 15) is 19.7 Å². The van der Waals surface area contributed by atoms with Gasteiger partial charge in [0.05, 0.1) is 11.1 Å². The molecule has 22 heavy (non-hydrogen) atoms. The van der Waals surface area contributed by atoms with Crippen molar-refractivity contribution in [2.24, 2.45) is 0 Å². The predicted molar refractivity (Wildman–Crippen MR) is 73.3 cm³/mol. The molecule has 110 valence electrons. The molecule has 0 saturated carbocycles. The molecule has 0 spiro atoms. The first kappa shape index (κ1) is 13.7. The fourth-order valence-corrected chi connectivity index (χ4v) is 2.12. The van der Waals surface area contributed by atoms with E-state index in [1.807, 2.05) is 0 Å². The molecular formula is C14H9N3O5. The Morgan fingerprint density at radius 2 is 1.73 bits per heavy atom. The lowest BCUT2D eigenvalue weighted by Gasteiger charge is -2.14. The minimum atomic E-state index is -0.697. The highest BCUT2D eigenvalue weighted by Crippen LogP contribution is 2.26. The molecular weight excluding hydrogens is 290 g/mol. The van der Waals surface area contributed by atoms with Crippen LogP contribution >= 0.6 is 0 Å². The molecule has 8 nitrogen and oxygen atoms in total. The fourth-order valence-electron chi connectivity index (χ4n) is 2.12. The Kier molecular flexibility index (Phi) is 3.26. The highest BCUT2D eigenvalue weighted by Gasteiger charge is 2.35. The van der Waals surface area contributed by atoms with Gasteiger partial charge < -0.3 is 14.9 Å². The molecule has 0 atom stereocenters. The monoisotopic (exact) mass is 299 g/mol. The van der Waals surface area contributed by atoms with Gasteiger partial charge in [-0.3, -0.25) is 9.59 Å². The first-order valence-electron chi connectivity index (χ1n) is 6.27. The Labute approximate surface area is 124 Å². The zero-order valence-electron chi connectivity index (χ0n) is 11.1. The van der Waals surface area contributed by atoms with Crippen LogP contribution in [0, 0.1) is 10.1 Å². The molecule has 2 heterocycles. The Bertz CT molecular complexity index is 755. The maximum absolute atomic E-state index is 12.1. The van der Waals surface area contributed by atoms with E-state index in [0.717, 1.165) is 4.90 Å². The van der Waals surface area contributed by atoms with Crippen LogP contribution in [0.3, 0.4) is 0 Å². The second kappa shape index (κ2) is 5.24. The first-order valence-corrected chi connectivity index (χ1v) is 6.27. The summed E-state index contributed by atoms with van der Waals surface area (Å²) in [6, 6.07) is 9.21. The Balaban J connectivity index is 1.81. The number of benzene rings is 1. The smallest absolute Gasteiger partial charge is 0.406 e. The fraction of sp³-hybridized carbons (Fsp3) is 0.0714. The van der Waals surface area contributed by atoms with E-state index in [1.54, 1.807) is 24.3 Å². The topological polar surface area (TPSA) is 103 Å². The Morgan fingerprint density at radius 1 is 1.09 bits per heavy atom. The molecule has 2 amide bonds. The molecule has 0 radical (unpaired) electrons. The molecule has 3 rings (SSSR count). The van der Waals surface area contributed by atoms with Gasteiger partial charge in [0.25, 0.3) is 11.8 Å². The number of nitro groups is 1. The van der Waals surface area contributed by atoms with Gasteiger partial charge in [-0.15, -0.1) is 0 Å². The largest absolute Gasteiger partial charge is 0.464 e. The molecule has 8 heteroatoms. The molecule has 0 N–H and O–H groups in total. The zero-order chi connectivity index (χ0) is 15.7. The summed E-state index contributed by atoms with van der Waals surface area (Å²) in [6.45, 7) is -0.418. The van der Waals surface area contributed by atoms with E-state index in [0.29, 0.717) is 0 Å². The van der Waals surface area contributed by atoms with Gasteiger partial charge in [-0.2, -0.15) is 0 Å². The summed E-state index contributed by atoms with van der Waals surface area (Å²) < 4.78 is 5.23. The number of amides is 2. The van der Waals surface area contributed by atoms with Gasteiger partial charge >= 0.3 is 5.82 Å². The standard InChI is InChI=1S/C14H9N3O5/c18-13-9-4-1-2-5-10(9)14(19)16(13)8-22-11-6-3-7-15-12(11)17(20)21/h1-7H,8H2. The van der Waals surface area contributed by atoms with E-state index >= 15 is 0 Å². The van der Waals surface area contributed by atoms with E-state index in [-0.39, 0.29) is 16.9 Å². The normalized spacial score (nSPS) is 13.2. The van der Waals surface area contributed by atoms with Crippen molar-refractivity contribution in [1.29, 1.82) is 0 Å². The molecule has 0 bridgehead atoms. The number of rotatable bonds is 4. The number of hydrogen-bond donors (Lipinski definition) is 0. The molecule has 1 aliphatic rings. The van der Waals surface area contributed by atoms with Crippen molar-refractivity contribution in [3.63, 3.8) is 0 Å². The summed E-state index contributed by atoms with van der Waals surface area (Å²) in [6.07, 6.45) is 1.26. The van der Waals surface area contributed by atoms with Crippen molar-refractivity contribution in [3.05, 3.63) is 63.8 Å². The van der Waals surface area contributed by atoms with Gasteiger partial charge in [-0.05, 0) is 34.2 Å². The number of nitrogens with zero attached hydrogens (tertiary/aromatic N) is 3. The van der Waals surface area contributed by atoms with Crippen LogP contribution in [-0.2, 0) is 0 Å². The van der Waals surface area contributed by atoms with Crippen molar-refractivity contribution in [2.75, 3.05) is 6.73 Å². The lowest BCUT2D eigenvalue weighted by Crippen LogP contribution is -2.33. The number of pyridine rings is 1. The highest BCUT2D eigenvalue weighted by atomic mass is 16.6. The van der Waals surface area contributed by atoms with Crippen LogP contribution in [0.2, 0.25) is 0 Å². The van der Waals surface area contributed by atoms with Crippen molar-refractivity contribution in [1.82, 2.24) is 9.88 Å². The third kappa shape index (κ3) is 2.16. The van der Waals surface area contributed by atoms with Crippen LogP contribution in [0.15, 0.2) is 42.6 Å². The molecule has 0 saturated heterocycles. The van der Waals surface area contributed by atoms with Crippen LogP contribution in [0.1, 0.15) is 20.7 Å². The van der Waals surface area contributed by atoms with Crippen LogP contribution in [0.5, 0.6) is 5.75 Å². The Morgan fingerprint density at radius 3 is 2.32 bits per heavy atom. The molecule has 1 aromatic heterocycles. The van der Waals surface area contributed by atoms with E-state index < -0.39 is 29.3 Å². The van der Waals surface area contributed by atoms with Gasteiger partial charge in [0.1, 0.15) is 6.20 Å². The van der Waals surface area contributed by atoms with E-state index in [4.69, 9.17) is 4.74 Å². The molecule has 1 aromatic carbocycles. The van der Waals surface area contributed by atoms with Crippen molar-refractivity contribution in [3.8, 4) is 5.75 Å². The van der Waals surface area contributed by atoms with Crippen molar-refractivity contribution < 1.29 is 19.2 Å². The van der Waals surface area contributed by atoms with Crippen LogP contribution in [0.4, 0.5) is 5.82 Å². The lowest BCUT2D eigenvalue weighted by atomic mass is 10.1. The van der Waals surface area contributed by atoms with Gasteiger partial charge in [-0.1, -0.05) is 12.1 Å². The second-order valence-corrected chi connectivity index (χ2v) is 4.44. The SMILES string of the molecule is O=C1c2ccccc2C(=O)N1COc1cccnc1[N+](=O)[O-]. The summed E-state index contributed by atoms with van der Waals surface area (Å²) in [7, 11) is 0. The molecule has 0 unspecified atom stereocenters. The van der Waals surface area contributed by atoms with Gasteiger partial charge in [0, 0.05) is 0 Å². The summed E-state index contributed by atoms with van der Waals surface area (Å²) in [5.41, 5.74) is 0.577. The number of carbonyl (C=O) groups excluding carboxylic acids is 2. The minimum absolute atomic E-state index is 0.107. The summed E-state index contributed by atoms with van der Waals surface area (Å²) in [4.78, 5) is 38.9. The molecule has 1 aliphatic heterocycles. The third-order valence-electron chi connectivity index (χ3n) is 3.15. The predicted octanol–water partition coefficient (Wildman–Crippen LogP) is 1.62. The highest BCUT2D eigenvalue weighted by molar-refractivity contribution is 6.21. The number of imide groups is 1. The second-order valence-electron chi connectivity index (χ2n) is 4.44. The molecule has 2 aromatic rings. The van der Waals surface area contributed by atoms with E-state index in [2.05, 4.69) is 4.98 Å². The maximum atomic E-state index is 12.1. The van der Waals surface area contributed by atoms with Crippen molar-refractivity contribution >= 4 is 17.6 Å².